The number of nitrogens with zero attached hydrogens (tertiary/aromatic N) is 3. The molecule has 1 unspecified atom stereocenters. The second-order valence-corrected chi connectivity index (χ2v) is 12.8. The Bertz CT molecular complexity index is 2020. The van der Waals surface area contributed by atoms with Crippen LogP contribution in [0.15, 0.2) is 66.7 Å². The van der Waals surface area contributed by atoms with Crippen molar-refractivity contribution < 1.29 is 33.3 Å². The number of hydrogen-bond acceptors (Lipinski definition) is 7. The molecule has 0 aliphatic carbocycles. The molecule has 2 N–H and O–H groups in total. The first-order valence-corrected chi connectivity index (χ1v) is 15.7. The number of rotatable bonds is 9. The highest BCUT2D eigenvalue weighted by Crippen LogP contribution is 2.41. The van der Waals surface area contributed by atoms with E-state index in [4.69, 9.17) is 14.2 Å². The zero-order chi connectivity index (χ0) is 34.2. The molecule has 1 atom stereocenters. The molecule has 1 aliphatic heterocycles. The number of benzene rings is 3. The topological polar surface area (TPSA) is 124 Å². The van der Waals surface area contributed by atoms with E-state index in [0.29, 0.717) is 59.1 Å². The fraction of sp³-hybridized carbons (Fsp3) is 0.297. The van der Waals surface area contributed by atoms with Crippen molar-refractivity contribution in [2.45, 2.75) is 65.8 Å². The highest BCUT2D eigenvalue weighted by atomic mass is 19.1. The molecular weight excluding hydrogens is 615 g/mol. The largest absolute Gasteiger partial charge is 0.490 e. The van der Waals surface area contributed by atoms with Crippen LogP contribution in [0.5, 0.6) is 11.5 Å². The van der Waals surface area contributed by atoms with E-state index in [-0.39, 0.29) is 17.1 Å². The number of carboxylic acid groups (broad SMARTS) is 1. The molecule has 0 saturated carbocycles. The minimum Gasteiger partial charge on any atom is -0.490 e. The molecule has 5 aromatic rings. The van der Waals surface area contributed by atoms with Crippen LogP contribution >= 0.6 is 0 Å². The number of halogens is 1. The van der Waals surface area contributed by atoms with Gasteiger partial charge in [-0.05, 0) is 82.9 Å². The highest BCUT2D eigenvalue weighted by Gasteiger charge is 2.34. The van der Waals surface area contributed by atoms with Gasteiger partial charge in [-0.15, -0.1) is 5.10 Å². The van der Waals surface area contributed by atoms with Crippen LogP contribution in [0.4, 0.5) is 10.2 Å². The second kappa shape index (κ2) is 13.1. The SMILES string of the molecule is Cc1nc2cc(NC(=O)c3cccc(OCc4ccccc4)c3)nn2c(-c2cc(F)c3c(c2C)CCCO3)c1C(OC(C)(C)C)C(=O)O. The van der Waals surface area contributed by atoms with Crippen LogP contribution in [-0.4, -0.2) is 43.8 Å². The maximum Gasteiger partial charge on any atom is 0.337 e. The lowest BCUT2D eigenvalue weighted by Gasteiger charge is -2.28. The average molecular weight is 653 g/mol. The van der Waals surface area contributed by atoms with Crippen LogP contribution < -0.4 is 14.8 Å². The monoisotopic (exact) mass is 652 g/mol. The molecule has 3 aromatic carbocycles. The lowest BCUT2D eigenvalue weighted by molar-refractivity contribution is -0.160. The summed E-state index contributed by atoms with van der Waals surface area (Å²) in [6.45, 7) is 9.57. The molecular formula is C37H37FN4O6. The van der Waals surface area contributed by atoms with Gasteiger partial charge >= 0.3 is 5.97 Å². The molecule has 48 heavy (non-hydrogen) atoms. The highest BCUT2D eigenvalue weighted by molar-refractivity contribution is 6.04. The van der Waals surface area contributed by atoms with Gasteiger partial charge in [-0.3, -0.25) is 4.79 Å². The number of carbonyl (C=O) groups excluding carboxylic acids is 1. The molecule has 1 aliphatic rings. The summed E-state index contributed by atoms with van der Waals surface area (Å²) in [4.78, 5) is 30.8. The Hall–Kier alpha value is -5.29. The van der Waals surface area contributed by atoms with Gasteiger partial charge in [0.2, 0.25) is 0 Å². The van der Waals surface area contributed by atoms with E-state index in [0.717, 1.165) is 17.5 Å². The minimum atomic E-state index is -1.45. The van der Waals surface area contributed by atoms with Crippen LogP contribution in [0.2, 0.25) is 0 Å². The Morgan fingerprint density at radius 3 is 2.58 bits per heavy atom. The maximum absolute atomic E-state index is 15.6. The summed E-state index contributed by atoms with van der Waals surface area (Å²) < 4.78 is 34.7. The van der Waals surface area contributed by atoms with Crippen molar-refractivity contribution in [2.75, 3.05) is 11.9 Å². The second-order valence-electron chi connectivity index (χ2n) is 12.8. The number of fused-ring (bicyclic) bond motifs is 2. The van der Waals surface area contributed by atoms with Gasteiger partial charge in [0.05, 0.1) is 17.9 Å². The van der Waals surface area contributed by atoms with Gasteiger partial charge in [-0.2, -0.15) is 0 Å². The molecule has 1 amide bonds. The van der Waals surface area contributed by atoms with E-state index in [1.54, 1.807) is 58.0 Å². The summed E-state index contributed by atoms with van der Waals surface area (Å²) in [5.41, 5.74) is 3.60. The molecule has 6 rings (SSSR count). The van der Waals surface area contributed by atoms with Crippen molar-refractivity contribution in [3.63, 3.8) is 0 Å². The van der Waals surface area contributed by atoms with E-state index < -0.39 is 29.4 Å². The quantitative estimate of drug-likeness (QED) is 0.171. The predicted octanol–water partition coefficient (Wildman–Crippen LogP) is 7.25. The summed E-state index contributed by atoms with van der Waals surface area (Å²) in [7, 11) is 0. The Morgan fingerprint density at radius 2 is 1.85 bits per heavy atom. The van der Waals surface area contributed by atoms with E-state index in [1.807, 2.05) is 37.3 Å². The summed E-state index contributed by atoms with van der Waals surface area (Å²) in [5, 5.41) is 17.9. The summed E-state index contributed by atoms with van der Waals surface area (Å²) in [5.74, 6) is -1.32. The number of nitrogens with one attached hydrogen (secondary N) is 1. The molecule has 0 spiro atoms. The summed E-state index contributed by atoms with van der Waals surface area (Å²) >= 11 is 0. The van der Waals surface area contributed by atoms with Crippen LogP contribution in [0, 0.1) is 19.7 Å². The van der Waals surface area contributed by atoms with Gasteiger partial charge in [0.1, 0.15) is 12.4 Å². The minimum absolute atomic E-state index is 0.170. The number of amides is 1. The molecule has 2 aromatic heterocycles. The molecule has 248 valence electrons. The average Bonchev–Trinajstić information content (AvgIpc) is 3.45. The Morgan fingerprint density at radius 1 is 1.08 bits per heavy atom. The van der Waals surface area contributed by atoms with Crippen molar-refractivity contribution in [1.29, 1.82) is 0 Å². The first-order chi connectivity index (χ1) is 22.9. The van der Waals surface area contributed by atoms with Gasteiger partial charge < -0.3 is 24.6 Å². The van der Waals surface area contributed by atoms with Gasteiger partial charge in [0, 0.05) is 34.0 Å². The van der Waals surface area contributed by atoms with Crippen LogP contribution in [0.3, 0.4) is 0 Å². The number of aryl methyl sites for hydroxylation is 1. The fourth-order valence-electron chi connectivity index (χ4n) is 5.91. The third kappa shape index (κ3) is 6.72. The molecule has 0 saturated heterocycles. The number of carbonyl (C=O) groups is 2. The first-order valence-electron chi connectivity index (χ1n) is 15.7. The van der Waals surface area contributed by atoms with E-state index >= 15 is 4.39 Å². The number of ether oxygens (including phenoxy) is 3. The van der Waals surface area contributed by atoms with Crippen LogP contribution in [0.1, 0.15) is 71.6 Å². The van der Waals surface area contributed by atoms with Crippen molar-refractivity contribution in [3.8, 4) is 22.8 Å². The number of aliphatic carboxylic acids is 1. The smallest absolute Gasteiger partial charge is 0.337 e. The predicted molar refractivity (Wildman–Crippen MR) is 178 cm³/mol. The normalized spacial score (nSPS) is 13.5. The fourth-order valence-corrected chi connectivity index (χ4v) is 5.91. The first kappa shape index (κ1) is 32.6. The molecule has 0 bridgehead atoms. The maximum atomic E-state index is 15.6. The Balaban J connectivity index is 1.43. The third-order valence-corrected chi connectivity index (χ3v) is 8.06. The van der Waals surface area contributed by atoms with Crippen molar-refractivity contribution in [2.24, 2.45) is 0 Å². The number of aromatic nitrogens is 3. The summed E-state index contributed by atoms with van der Waals surface area (Å²) in [6, 6.07) is 19.4. The van der Waals surface area contributed by atoms with E-state index in [9.17, 15) is 14.7 Å². The van der Waals surface area contributed by atoms with Crippen LogP contribution in [0.25, 0.3) is 16.9 Å². The number of carboxylic acids is 1. The molecule has 0 fully saturated rings. The molecule has 3 heterocycles. The van der Waals surface area contributed by atoms with Crippen molar-refractivity contribution in [1.82, 2.24) is 14.6 Å². The molecule has 0 radical (unpaired) electrons. The standard InChI is InChI=1S/C37H37FN4O6/c1-21-26-15-10-16-46-33(26)28(38)18-27(21)32-31(34(36(44)45)48-37(3,4)5)22(2)39-30-19-29(41-42(30)32)40-35(43)24-13-9-14-25(17-24)47-20-23-11-7-6-8-12-23/h6-9,11-14,17-19,34H,10,15-16,20H2,1-5H3,(H,44,45)(H,40,41,43). The summed E-state index contributed by atoms with van der Waals surface area (Å²) in [6.07, 6.45) is -0.132. The Kier molecular flexibility index (Phi) is 8.89. The molecule has 11 heteroatoms. The van der Waals surface area contributed by atoms with Gasteiger partial charge in [0.15, 0.2) is 29.1 Å². The van der Waals surface area contributed by atoms with E-state index in [1.165, 1.54) is 10.6 Å². The number of anilines is 1. The van der Waals surface area contributed by atoms with Gasteiger partial charge in [0.25, 0.3) is 5.91 Å². The van der Waals surface area contributed by atoms with Gasteiger partial charge in [-0.1, -0.05) is 36.4 Å². The van der Waals surface area contributed by atoms with Crippen molar-refractivity contribution in [3.05, 3.63) is 106 Å². The van der Waals surface area contributed by atoms with E-state index in [2.05, 4.69) is 15.4 Å². The third-order valence-electron chi connectivity index (χ3n) is 8.06. The lowest BCUT2D eigenvalue weighted by Crippen LogP contribution is -2.29. The lowest BCUT2D eigenvalue weighted by atomic mass is 9.91. The Labute approximate surface area is 277 Å². The van der Waals surface area contributed by atoms with Crippen LogP contribution in [-0.2, 0) is 22.6 Å². The van der Waals surface area contributed by atoms with Crippen molar-refractivity contribution >= 4 is 23.3 Å². The zero-order valence-electron chi connectivity index (χ0n) is 27.5. The number of hydrogen-bond donors (Lipinski definition) is 2. The molecule has 10 nitrogen and oxygen atoms in total. The zero-order valence-corrected chi connectivity index (χ0v) is 27.5. The van der Waals surface area contributed by atoms with Gasteiger partial charge in [-0.25, -0.2) is 18.7 Å².